The van der Waals surface area contributed by atoms with Crippen LogP contribution >= 0.6 is 11.6 Å². The molecule has 0 bridgehead atoms. The molecule has 0 aliphatic rings. The topological polar surface area (TPSA) is 46.6 Å². The van der Waals surface area contributed by atoms with Crippen LogP contribution in [-0.2, 0) is 15.9 Å². The fraction of sp³-hybridized carbons (Fsp3) is 0.600. The van der Waals surface area contributed by atoms with Crippen molar-refractivity contribution < 1.29 is 13.2 Å². The van der Waals surface area contributed by atoms with E-state index in [1.165, 1.54) is 4.31 Å². The summed E-state index contributed by atoms with van der Waals surface area (Å²) in [4.78, 5) is 0.255. The molecule has 4 nitrogen and oxygen atoms in total. The third-order valence-electron chi connectivity index (χ3n) is 2.97. The zero-order chi connectivity index (χ0) is 16.0. The maximum absolute atomic E-state index is 12.5. The molecule has 0 aliphatic heterocycles. The van der Waals surface area contributed by atoms with Gasteiger partial charge in [-0.25, -0.2) is 12.7 Å². The number of benzene rings is 1. The molecule has 0 radical (unpaired) electrons. The summed E-state index contributed by atoms with van der Waals surface area (Å²) < 4.78 is 32.0. The molecule has 1 aromatic carbocycles. The predicted octanol–water partition coefficient (Wildman–Crippen LogP) is 3.49. The molecule has 0 spiro atoms. The van der Waals surface area contributed by atoms with E-state index in [-0.39, 0.29) is 16.7 Å². The number of alkyl halides is 1. The van der Waals surface area contributed by atoms with Crippen LogP contribution in [0.2, 0.25) is 0 Å². The summed E-state index contributed by atoms with van der Waals surface area (Å²) in [5.41, 5.74) is 0.698. The van der Waals surface area contributed by atoms with E-state index in [2.05, 4.69) is 0 Å². The van der Waals surface area contributed by atoms with Gasteiger partial charge in [-0.3, -0.25) is 0 Å². The maximum Gasteiger partial charge on any atom is 0.242 e. The Kier molecular flexibility index (Phi) is 6.97. The average molecular weight is 334 g/mol. The molecule has 120 valence electrons. The van der Waals surface area contributed by atoms with Gasteiger partial charge in [0.1, 0.15) is 5.75 Å². The van der Waals surface area contributed by atoms with E-state index in [1.54, 1.807) is 25.2 Å². The third kappa shape index (κ3) is 4.87. The number of halogens is 1. The number of rotatable bonds is 8. The second kappa shape index (κ2) is 8.01. The Morgan fingerprint density at radius 1 is 1.33 bits per heavy atom. The Hall–Kier alpha value is -0.780. The summed E-state index contributed by atoms with van der Waals surface area (Å²) in [6.07, 6.45) is 0.888. The molecule has 0 fully saturated rings. The number of hydrogen-bond acceptors (Lipinski definition) is 3. The summed E-state index contributed by atoms with van der Waals surface area (Å²) in [7, 11) is -1.89. The van der Waals surface area contributed by atoms with Crippen molar-refractivity contribution in [2.75, 3.05) is 20.2 Å². The van der Waals surface area contributed by atoms with Crippen LogP contribution in [-0.4, -0.2) is 32.9 Å². The van der Waals surface area contributed by atoms with Gasteiger partial charge in [0.2, 0.25) is 10.0 Å². The molecular formula is C15H24ClNO3S. The van der Waals surface area contributed by atoms with Gasteiger partial charge in [-0.1, -0.05) is 20.8 Å². The van der Waals surface area contributed by atoms with E-state index in [1.807, 2.05) is 20.8 Å². The molecule has 1 aromatic rings. The van der Waals surface area contributed by atoms with Gasteiger partial charge < -0.3 is 4.74 Å². The molecule has 0 saturated heterocycles. The minimum atomic E-state index is -3.48. The Labute approximate surface area is 133 Å². The van der Waals surface area contributed by atoms with Crippen LogP contribution in [0, 0.1) is 5.92 Å². The van der Waals surface area contributed by atoms with E-state index < -0.39 is 10.0 Å². The summed E-state index contributed by atoms with van der Waals surface area (Å²) in [5.74, 6) is 1.14. The lowest BCUT2D eigenvalue weighted by Gasteiger charge is -2.20. The van der Waals surface area contributed by atoms with Crippen LogP contribution in [0.1, 0.15) is 32.8 Å². The lowest BCUT2D eigenvalue weighted by atomic mass is 10.2. The van der Waals surface area contributed by atoms with E-state index in [0.29, 0.717) is 24.5 Å². The van der Waals surface area contributed by atoms with Crippen LogP contribution < -0.4 is 4.74 Å². The van der Waals surface area contributed by atoms with Crippen LogP contribution in [0.5, 0.6) is 5.75 Å². The molecule has 0 aromatic heterocycles. The van der Waals surface area contributed by atoms with E-state index in [9.17, 15) is 8.42 Å². The van der Waals surface area contributed by atoms with Crippen molar-refractivity contribution in [1.29, 1.82) is 0 Å². The standard InChI is InChI=1S/C15H24ClNO3S/c1-5-8-20-15-7-6-14(9-13(15)10-16)21(18,19)17(4)11-12(2)3/h6-7,9,12H,5,8,10-11H2,1-4H3. The first-order chi connectivity index (χ1) is 9.82. The van der Waals surface area contributed by atoms with Crippen LogP contribution in [0.4, 0.5) is 0 Å². The Morgan fingerprint density at radius 3 is 2.52 bits per heavy atom. The highest BCUT2D eigenvalue weighted by Gasteiger charge is 2.22. The van der Waals surface area contributed by atoms with Crippen molar-refractivity contribution in [1.82, 2.24) is 4.31 Å². The maximum atomic E-state index is 12.5. The van der Waals surface area contributed by atoms with Crippen molar-refractivity contribution in [3.8, 4) is 5.75 Å². The lowest BCUT2D eigenvalue weighted by Crippen LogP contribution is -2.30. The van der Waals surface area contributed by atoms with E-state index in [4.69, 9.17) is 16.3 Å². The van der Waals surface area contributed by atoms with Gasteiger partial charge in [-0.2, -0.15) is 0 Å². The highest BCUT2D eigenvalue weighted by molar-refractivity contribution is 7.89. The molecule has 0 unspecified atom stereocenters. The Bertz CT molecular complexity index is 558. The fourth-order valence-corrected chi connectivity index (χ4v) is 3.56. The van der Waals surface area contributed by atoms with Gasteiger partial charge in [0.25, 0.3) is 0 Å². The van der Waals surface area contributed by atoms with Gasteiger partial charge in [0, 0.05) is 19.2 Å². The molecule has 6 heteroatoms. The third-order valence-corrected chi connectivity index (χ3v) is 5.08. The first kappa shape index (κ1) is 18.3. The van der Waals surface area contributed by atoms with Crippen molar-refractivity contribution in [2.24, 2.45) is 5.92 Å². The molecule has 0 atom stereocenters. The molecule has 0 N–H and O–H groups in total. The number of ether oxygens (including phenoxy) is 1. The lowest BCUT2D eigenvalue weighted by molar-refractivity contribution is 0.315. The summed E-state index contributed by atoms with van der Waals surface area (Å²) in [5, 5.41) is 0. The molecule has 0 amide bonds. The zero-order valence-electron chi connectivity index (χ0n) is 13.1. The monoisotopic (exact) mass is 333 g/mol. The smallest absolute Gasteiger partial charge is 0.242 e. The van der Waals surface area contributed by atoms with Gasteiger partial charge in [0.05, 0.1) is 17.4 Å². The first-order valence-corrected chi connectivity index (χ1v) is 9.08. The normalized spacial score (nSPS) is 12.1. The van der Waals surface area contributed by atoms with Crippen molar-refractivity contribution in [3.63, 3.8) is 0 Å². The first-order valence-electron chi connectivity index (χ1n) is 7.11. The quantitative estimate of drug-likeness (QED) is 0.684. The van der Waals surface area contributed by atoms with Gasteiger partial charge in [-0.15, -0.1) is 11.6 Å². The average Bonchev–Trinajstić information content (AvgIpc) is 2.43. The summed E-state index contributed by atoms with van der Waals surface area (Å²) in [6.45, 7) is 7.05. The summed E-state index contributed by atoms with van der Waals surface area (Å²) >= 11 is 5.91. The van der Waals surface area contributed by atoms with Crippen molar-refractivity contribution in [3.05, 3.63) is 23.8 Å². The van der Waals surface area contributed by atoms with E-state index in [0.717, 1.165) is 6.42 Å². The Morgan fingerprint density at radius 2 is 2.00 bits per heavy atom. The molecule has 1 rings (SSSR count). The number of nitrogens with zero attached hydrogens (tertiary/aromatic N) is 1. The molecule has 0 heterocycles. The fourth-order valence-electron chi connectivity index (χ4n) is 1.97. The van der Waals surface area contributed by atoms with Gasteiger partial charge in [0.15, 0.2) is 0 Å². The second-order valence-corrected chi connectivity index (χ2v) is 7.74. The van der Waals surface area contributed by atoms with Crippen LogP contribution in [0.3, 0.4) is 0 Å². The molecule has 21 heavy (non-hydrogen) atoms. The van der Waals surface area contributed by atoms with E-state index >= 15 is 0 Å². The van der Waals surface area contributed by atoms with Crippen LogP contribution in [0.25, 0.3) is 0 Å². The zero-order valence-corrected chi connectivity index (χ0v) is 14.7. The number of sulfonamides is 1. The predicted molar refractivity (Wildman–Crippen MR) is 86.4 cm³/mol. The van der Waals surface area contributed by atoms with Crippen molar-refractivity contribution >= 4 is 21.6 Å². The molecule has 0 aliphatic carbocycles. The van der Waals surface area contributed by atoms with Crippen molar-refractivity contribution in [2.45, 2.75) is 38.0 Å². The SMILES string of the molecule is CCCOc1ccc(S(=O)(=O)N(C)CC(C)C)cc1CCl. The minimum Gasteiger partial charge on any atom is -0.493 e. The van der Waals surface area contributed by atoms with Crippen LogP contribution in [0.15, 0.2) is 23.1 Å². The highest BCUT2D eigenvalue weighted by atomic mass is 35.5. The minimum absolute atomic E-state index is 0.219. The molecule has 0 saturated carbocycles. The van der Waals surface area contributed by atoms with Gasteiger partial charge >= 0.3 is 0 Å². The molecular weight excluding hydrogens is 310 g/mol. The number of hydrogen-bond donors (Lipinski definition) is 0. The largest absolute Gasteiger partial charge is 0.493 e. The second-order valence-electron chi connectivity index (χ2n) is 5.43. The van der Waals surface area contributed by atoms with Gasteiger partial charge in [-0.05, 0) is 30.5 Å². The summed E-state index contributed by atoms with van der Waals surface area (Å²) in [6, 6.07) is 4.86. The Balaban J connectivity index is 3.08. The highest BCUT2D eigenvalue weighted by Crippen LogP contribution is 2.26.